The van der Waals surface area contributed by atoms with Gasteiger partial charge in [0.1, 0.15) is 0 Å². The Hall–Kier alpha value is -2.74. The minimum absolute atomic E-state index is 0.0179. The predicted octanol–water partition coefficient (Wildman–Crippen LogP) is 2.15. The highest BCUT2D eigenvalue weighted by atomic mass is 16.5. The number of morpholine rings is 1. The maximum Gasteiger partial charge on any atom is 0.238 e. The van der Waals surface area contributed by atoms with Crippen LogP contribution < -0.4 is 5.32 Å². The van der Waals surface area contributed by atoms with Crippen molar-refractivity contribution in [1.29, 1.82) is 0 Å². The van der Waals surface area contributed by atoms with Crippen LogP contribution in [0.1, 0.15) is 16.7 Å². The van der Waals surface area contributed by atoms with Gasteiger partial charge in [0.2, 0.25) is 11.8 Å². The van der Waals surface area contributed by atoms with Crippen LogP contribution in [0.3, 0.4) is 0 Å². The SMILES string of the molecule is Cc1ccccc1CC(=O)N1CCN(CC(=O)Nc2ccc(CN3CCOCC3)cc2)CC1. The van der Waals surface area contributed by atoms with Gasteiger partial charge in [0, 0.05) is 51.5 Å². The lowest BCUT2D eigenvalue weighted by atomic mass is 10.1. The van der Waals surface area contributed by atoms with Gasteiger partial charge >= 0.3 is 0 Å². The summed E-state index contributed by atoms with van der Waals surface area (Å²) in [5.74, 6) is 0.140. The van der Waals surface area contributed by atoms with Gasteiger partial charge < -0.3 is 15.0 Å². The van der Waals surface area contributed by atoms with Gasteiger partial charge in [-0.1, -0.05) is 36.4 Å². The van der Waals surface area contributed by atoms with Gasteiger partial charge in [-0.05, 0) is 35.7 Å². The predicted molar refractivity (Wildman–Crippen MR) is 129 cm³/mol. The molecule has 1 N–H and O–H groups in total. The lowest BCUT2D eigenvalue weighted by molar-refractivity contribution is -0.132. The Morgan fingerprint density at radius 1 is 0.879 bits per heavy atom. The summed E-state index contributed by atoms with van der Waals surface area (Å²) in [4.78, 5) is 31.6. The monoisotopic (exact) mass is 450 g/mol. The van der Waals surface area contributed by atoms with Crippen LogP contribution in [0.5, 0.6) is 0 Å². The molecule has 0 radical (unpaired) electrons. The van der Waals surface area contributed by atoms with Crippen molar-refractivity contribution in [3.63, 3.8) is 0 Å². The molecule has 33 heavy (non-hydrogen) atoms. The Kier molecular flexibility index (Phi) is 8.10. The molecule has 7 heteroatoms. The number of nitrogens with one attached hydrogen (secondary N) is 1. The van der Waals surface area contributed by atoms with Gasteiger partial charge in [-0.25, -0.2) is 0 Å². The zero-order chi connectivity index (χ0) is 23.0. The summed E-state index contributed by atoms with van der Waals surface area (Å²) in [5, 5.41) is 3.00. The van der Waals surface area contributed by atoms with Gasteiger partial charge in [-0.15, -0.1) is 0 Å². The van der Waals surface area contributed by atoms with Crippen molar-refractivity contribution in [1.82, 2.24) is 14.7 Å². The third-order valence-electron chi connectivity index (χ3n) is 6.44. The topological polar surface area (TPSA) is 65.1 Å². The standard InChI is InChI=1S/C26H34N4O3/c1-21-4-2-3-5-23(21)18-26(32)30-12-10-28(11-13-30)20-25(31)27-24-8-6-22(7-9-24)19-29-14-16-33-17-15-29/h2-9H,10-20H2,1H3,(H,27,31). The number of nitrogens with zero attached hydrogens (tertiary/aromatic N) is 3. The number of amides is 2. The van der Waals surface area contributed by atoms with Crippen LogP contribution in [0, 0.1) is 6.92 Å². The van der Waals surface area contributed by atoms with E-state index < -0.39 is 0 Å². The molecule has 0 atom stereocenters. The Bertz CT molecular complexity index is 933. The molecule has 2 aromatic carbocycles. The third kappa shape index (κ3) is 6.87. The second-order valence-corrected chi connectivity index (χ2v) is 8.89. The van der Waals surface area contributed by atoms with Crippen LogP contribution >= 0.6 is 0 Å². The molecular weight excluding hydrogens is 416 g/mol. The second kappa shape index (κ2) is 11.4. The molecule has 7 nitrogen and oxygen atoms in total. The summed E-state index contributed by atoms with van der Waals surface area (Å²) in [5.41, 5.74) is 4.29. The first-order valence-electron chi connectivity index (χ1n) is 11.8. The summed E-state index contributed by atoms with van der Waals surface area (Å²) in [6.07, 6.45) is 0.439. The van der Waals surface area contributed by atoms with E-state index in [0.29, 0.717) is 39.1 Å². The van der Waals surface area contributed by atoms with Crippen molar-refractivity contribution in [2.24, 2.45) is 0 Å². The highest BCUT2D eigenvalue weighted by Gasteiger charge is 2.23. The zero-order valence-electron chi connectivity index (χ0n) is 19.5. The number of rotatable bonds is 7. The molecule has 2 aliphatic heterocycles. The molecule has 0 unspecified atom stereocenters. The Morgan fingerprint density at radius 2 is 1.58 bits per heavy atom. The van der Waals surface area contributed by atoms with E-state index >= 15 is 0 Å². The summed E-state index contributed by atoms with van der Waals surface area (Å²) < 4.78 is 5.40. The fourth-order valence-corrected chi connectivity index (χ4v) is 4.35. The van der Waals surface area contributed by atoms with Crippen LogP contribution in [-0.2, 0) is 27.3 Å². The molecule has 0 aliphatic carbocycles. The molecule has 0 saturated carbocycles. The number of piperazine rings is 1. The van der Waals surface area contributed by atoms with Crippen LogP contribution in [-0.4, -0.2) is 85.5 Å². The van der Waals surface area contributed by atoms with Crippen molar-refractivity contribution in [3.8, 4) is 0 Å². The zero-order valence-corrected chi connectivity index (χ0v) is 19.5. The van der Waals surface area contributed by atoms with Crippen molar-refractivity contribution >= 4 is 17.5 Å². The number of anilines is 1. The molecule has 2 aliphatic rings. The fraction of sp³-hybridized carbons (Fsp3) is 0.462. The maximum absolute atomic E-state index is 12.7. The molecule has 2 aromatic rings. The minimum Gasteiger partial charge on any atom is -0.379 e. The summed E-state index contributed by atoms with van der Waals surface area (Å²) in [6, 6.07) is 16.1. The summed E-state index contributed by atoms with van der Waals surface area (Å²) in [6.45, 7) is 9.55. The average Bonchev–Trinajstić information content (AvgIpc) is 2.83. The van der Waals surface area contributed by atoms with Crippen molar-refractivity contribution in [3.05, 3.63) is 65.2 Å². The lowest BCUT2D eigenvalue weighted by Gasteiger charge is -2.34. The van der Waals surface area contributed by atoms with Crippen molar-refractivity contribution in [2.45, 2.75) is 19.9 Å². The smallest absolute Gasteiger partial charge is 0.238 e. The first-order chi connectivity index (χ1) is 16.1. The quantitative estimate of drug-likeness (QED) is 0.700. The normalized spacial score (nSPS) is 17.7. The third-order valence-corrected chi connectivity index (χ3v) is 6.44. The molecule has 2 amide bonds. The Balaban J connectivity index is 1.18. The van der Waals surface area contributed by atoms with Gasteiger partial charge in [0.05, 0.1) is 26.2 Å². The van der Waals surface area contributed by atoms with E-state index in [2.05, 4.69) is 27.2 Å². The number of carbonyl (C=O) groups excluding carboxylic acids is 2. The molecular formula is C26H34N4O3. The average molecular weight is 451 g/mol. The van der Waals surface area contributed by atoms with E-state index in [4.69, 9.17) is 4.74 Å². The number of hydrogen-bond donors (Lipinski definition) is 1. The number of ether oxygens (including phenoxy) is 1. The van der Waals surface area contributed by atoms with Gasteiger partial charge in [-0.2, -0.15) is 0 Å². The summed E-state index contributed by atoms with van der Waals surface area (Å²) in [7, 11) is 0. The molecule has 0 aromatic heterocycles. The molecule has 2 heterocycles. The van der Waals surface area contributed by atoms with Crippen LogP contribution in [0.4, 0.5) is 5.69 Å². The second-order valence-electron chi connectivity index (χ2n) is 8.89. The van der Waals surface area contributed by atoms with Crippen LogP contribution in [0.2, 0.25) is 0 Å². The van der Waals surface area contributed by atoms with E-state index in [1.807, 2.05) is 48.2 Å². The number of benzene rings is 2. The highest BCUT2D eigenvalue weighted by Crippen LogP contribution is 2.14. The van der Waals surface area contributed by atoms with Crippen LogP contribution in [0.15, 0.2) is 48.5 Å². The number of aryl methyl sites for hydroxylation is 1. The van der Waals surface area contributed by atoms with Crippen molar-refractivity contribution in [2.75, 3.05) is 64.3 Å². The first-order valence-corrected chi connectivity index (χ1v) is 11.8. The summed E-state index contributed by atoms with van der Waals surface area (Å²) >= 11 is 0. The van der Waals surface area contributed by atoms with Crippen LogP contribution in [0.25, 0.3) is 0 Å². The molecule has 176 valence electrons. The van der Waals surface area contributed by atoms with E-state index in [0.717, 1.165) is 49.7 Å². The Labute approximate surface area is 196 Å². The minimum atomic E-state index is -0.0179. The van der Waals surface area contributed by atoms with E-state index in [1.165, 1.54) is 5.56 Å². The molecule has 2 saturated heterocycles. The van der Waals surface area contributed by atoms with Gasteiger partial charge in [0.15, 0.2) is 0 Å². The number of hydrogen-bond acceptors (Lipinski definition) is 5. The highest BCUT2D eigenvalue weighted by molar-refractivity contribution is 5.92. The van der Waals surface area contributed by atoms with E-state index in [9.17, 15) is 9.59 Å². The largest absolute Gasteiger partial charge is 0.379 e. The molecule has 4 rings (SSSR count). The van der Waals surface area contributed by atoms with Gasteiger partial charge in [0.25, 0.3) is 0 Å². The molecule has 2 fully saturated rings. The first kappa shape index (κ1) is 23.4. The van der Waals surface area contributed by atoms with E-state index in [1.54, 1.807) is 0 Å². The maximum atomic E-state index is 12.7. The van der Waals surface area contributed by atoms with E-state index in [-0.39, 0.29) is 11.8 Å². The Morgan fingerprint density at radius 3 is 2.27 bits per heavy atom. The lowest BCUT2D eigenvalue weighted by Crippen LogP contribution is -2.50. The van der Waals surface area contributed by atoms with Gasteiger partial charge in [-0.3, -0.25) is 19.4 Å². The molecule has 0 bridgehead atoms. The fourth-order valence-electron chi connectivity index (χ4n) is 4.35. The number of carbonyl (C=O) groups is 2. The van der Waals surface area contributed by atoms with Crippen molar-refractivity contribution < 1.29 is 14.3 Å². The molecule has 0 spiro atoms.